The van der Waals surface area contributed by atoms with Crippen molar-refractivity contribution in [3.8, 4) is 0 Å². The summed E-state index contributed by atoms with van der Waals surface area (Å²) in [6.07, 6.45) is 3.43. The van der Waals surface area contributed by atoms with Crippen molar-refractivity contribution in [3.05, 3.63) is 0 Å². The highest BCUT2D eigenvalue weighted by atomic mass is 16.5. The molecular weight excluding hydrogens is 228 g/mol. The molecule has 0 aliphatic carbocycles. The predicted molar refractivity (Wildman–Crippen MR) is 71.3 cm³/mol. The number of carbonyl (C=O) groups excluding carboxylic acids is 1. The lowest BCUT2D eigenvalue weighted by Crippen LogP contribution is -2.46. The van der Waals surface area contributed by atoms with E-state index < -0.39 is 0 Å². The summed E-state index contributed by atoms with van der Waals surface area (Å²) in [6, 6.07) is 0.565. The monoisotopic (exact) mass is 254 g/mol. The lowest BCUT2D eigenvalue weighted by Gasteiger charge is -2.32. The second kappa shape index (κ2) is 6.02. The Morgan fingerprint density at radius 2 is 2.11 bits per heavy atom. The van der Waals surface area contributed by atoms with Gasteiger partial charge in [-0.3, -0.25) is 4.79 Å². The molecule has 0 radical (unpaired) electrons. The van der Waals surface area contributed by atoms with E-state index in [0.29, 0.717) is 12.0 Å². The van der Waals surface area contributed by atoms with Crippen LogP contribution in [0.5, 0.6) is 0 Å². The van der Waals surface area contributed by atoms with Crippen molar-refractivity contribution in [1.29, 1.82) is 0 Å². The van der Waals surface area contributed by atoms with Crippen molar-refractivity contribution in [2.45, 2.75) is 45.2 Å². The predicted octanol–water partition coefficient (Wildman–Crippen LogP) is 1.26. The number of likely N-dealkylation sites (tertiary alicyclic amines) is 1. The van der Waals surface area contributed by atoms with Crippen LogP contribution in [0.15, 0.2) is 0 Å². The Morgan fingerprint density at radius 1 is 1.33 bits per heavy atom. The second-order valence-electron chi connectivity index (χ2n) is 5.95. The fourth-order valence-electron chi connectivity index (χ4n) is 3.37. The minimum Gasteiger partial charge on any atom is -0.468 e. The molecule has 4 nitrogen and oxygen atoms in total. The summed E-state index contributed by atoms with van der Waals surface area (Å²) in [6.45, 7) is 7.90. The van der Waals surface area contributed by atoms with Gasteiger partial charge in [0, 0.05) is 12.6 Å². The zero-order valence-electron chi connectivity index (χ0n) is 11.8. The van der Waals surface area contributed by atoms with Gasteiger partial charge in [0.05, 0.1) is 7.11 Å². The van der Waals surface area contributed by atoms with Gasteiger partial charge in [0.15, 0.2) is 0 Å². The first-order chi connectivity index (χ1) is 8.61. The van der Waals surface area contributed by atoms with Crippen LogP contribution >= 0.6 is 0 Å². The van der Waals surface area contributed by atoms with Crippen molar-refractivity contribution >= 4 is 5.97 Å². The summed E-state index contributed by atoms with van der Waals surface area (Å²) in [7, 11) is 1.48. The smallest absolute Gasteiger partial charge is 0.322 e. The molecule has 0 spiro atoms. The minimum atomic E-state index is -0.0987. The summed E-state index contributed by atoms with van der Waals surface area (Å²) in [4.78, 5) is 14.2. The first-order valence-corrected chi connectivity index (χ1v) is 7.17. The van der Waals surface area contributed by atoms with Crippen molar-refractivity contribution < 1.29 is 9.53 Å². The van der Waals surface area contributed by atoms with Gasteiger partial charge in [-0.15, -0.1) is 0 Å². The largest absolute Gasteiger partial charge is 0.468 e. The van der Waals surface area contributed by atoms with Crippen LogP contribution in [0.3, 0.4) is 0 Å². The highest BCUT2D eigenvalue weighted by Gasteiger charge is 2.35. The normalized spacial score (nSPS) is 33.9. The third-order valence-electron chi connectivity index (χ3n) is 4.58. The maximum absolute atomic E-state index is 11.6. The minimum absolute atomic E-state index is 0.0816. The number of carbonyl (C=O) groups is 1. The Kier molecular flexibility index (Phi) is 4.62. The van der Waals surface area contributed by atoms with E-state index in [9.17, 15) is 4.79 Å². The second-order valence-corrected chi connectivity index (χ2v) is 5.95. The van der Waals surface area contributed by atoms with E-state index in [1.165, 1.54) is 33.0 Å². The van der Waals surface area contributed by atoms with Crippen LogP contribution in [0.1, 0.15) is 33.1 Å². The quantitative estimate of drug-likeness (QED) is 0.770. The molecule has 2 rings (SSSR count). The SMILES string of the molecule is COC(=O)C1CC(C2CCN(C(C)C)C2)CCN1. The number of piperidine rings is 1. The summed E-state index contributed by atoms with van der Waals surface area (Å²) in [5.74, 6) is 1.35. The van der Waals surface area contributed by atoms with E-state index in [0.717, 1.165) is 18.9 Å². The lowest BCUT2D eigenvalue weighted by molar-refractivity contribution is -0.144. The van der Waals surface area contributed by atoms with Gasteiger partial charge in [-0.25, -0.2) is 0 Å². The molecule has 3 unspecified atom stereocenters. The molecule has 18 heavy (non-hydrogen) atoms. The van der Waals surface area contributed by atoms with Crippen LogP contribution in [0.2, 0.25) is 0 Å². The van der Waals surface area contributed by atoms with Crippen LogP contribution in [0.25, 0.3) is 0 Å². The van der Waals surface area contributed by atoms with Crippen LogP contribution in [0.4, 0.5) is 0 Å². The molecule has 0 saturated carbocycles. The van der Waals surface area contributed by atoms with Gasteiger partial charge in [-0.05, 0) is 58.0 Å². The molecule has 2 heterocycles. The van der Waals surface area contributed by atoms with E-state index in [2.05, 4.69) is 24.1 Å². The van der Waals surface area contributed by atoms with Crippen LogP contribution in [-0.4, -0.2) is 49.7 Å². The zero-order chi connectivity index (χ0) is 13.1. The van der Waals surface area contributed by atoms with Gasteiger partial charge in [0.1, 0.15) is 6.04 Å². The topological polar surface area (TPSA) is 41.6 Å². The van der Waals surface area contributed by atoms with Gasteiger partial charge in [-0.2, -0.15) is 0 Å². The molecule has 104 valence electrons. The van der Waals surface area contributed by atoms with E-state index in [-0.39, 0.29) is 12.0 Å². The molecule has 0 amide bonds. The number of esters is 1. The molecule has 3 atom stereocenters. The number of rotatable bonds is 3. The van der Waals surface area contributed by atoms with Crippen molar-refractivity contribution in [2.24, 2.45) is 11.8 Å². The highest BCUT2D eigenvalue weighted by Crippen LogP contribution is 2.32. The molecule has 2 aliphatic rings. The fourth-order valence-corrected chi connectivity index (χ4v) is 3.37. The van der Waals surface area contributed by atoms with E-state index in [4.69, 9.17) is 4.74 Å². The van der Waals surface area contributed by atoms with Crippen LogP contribution in [-0.2, 0) is 9.53 Å². The van der Waals surface area contributed by atoms with Gasteiger partial charge >= 0.3 is 5.97 Å². The number of nitrogens with zero attached hydrogens (tertiary/aromatic N) is 1. The van der Waals surface area contributed by atoms with Crippen LogP contribution < -0.4 is 5.32 Å². The van der Waals surface area contributed by atoms with Crippen molar-refractivity contribution in [1.82, 2.24) is 10.2 Å². The summed E-state index contributed by atoms with van der Waals surface area (Å²) in [5.41, 5.74) is 0. The Bertz CT molecular complexity index is 294. The number of ether oxygens (including phenoxy) is 1. The third kappa shape index (κ3) is 3.04. The maximum Gasteiger partial charge on any atom is 0.322 e. The van der Waals surface area contributed by atoms with Crippen molar-refractivity contribution in [2.75, 3.05) is 26.7 Å². The van der Waals surface area contributed by atoms with E-state index >= 15 is 0 Å². The van der Waals surface area contributed by atoms with Crippen molar-refractivity contribution in [3.63, 3.8) is 0 Å². The van der Waals surface area contributed by atoms with Gasteiger partial charge < -0.3 is 15.0 Å². The molecule has 0 aromatic rings. The molecule has 0 aromatic heterocycles. The number of hydrogen-bond donors (Lipinski definition) is 1. The number of nitrogens with one attached hydrogen (secondary N) is 1. The molecule has 2 fully saturated rings. The summed E-state index contributed by atoms with van der Waals surface area (Å²) in [5, 5.41) is 3.27. The average molecular weight is 254 g/mol. The van der Waals surface area contributed by atoms with E-state index in [1.807, 2.05) is 0 Å². The standard InChI is InChI=1S/C14H26N2O2/c1-10(2)16-7-5-12(9-16)11-4-6-15-13(8-11)14(17)18-3/h10-13,15H,4-9H2,1-3H3. The molecule has 0 bridgehead atoms. The number of hydrogen-bond acceptors (Lipinski definition) is 4. The molecule has 2 aliphatic heterocycles. The zero-order valence-corrected chi connectivity index (χ0v) is 11.8. The molecule has 0 aromatic carbocycles. The molecule has 2 saturated heterocycles. The highest BCUT2D eigenvalue weighted by molar-refractivity contribution is 5.75. The number of methoxy groups -OCH3 is 1. The Hall–Kier alpha value is -0.610. The van der Waals surface area contributed by atoms with Gasteiger partial charge in [0.2, 0.25) is 0 Å². The van der Waals surface area contributed by atoms with Gasteiger partial charge in [0.25, 0.3) is 0 Å². The summed E-state index contributed by atoms with van der Waals surface area (Å²) >= 11 is 0. The van der Waals surface area contributed by atoms with Gasteiger partial charge in [-0.1, -0.05) is 0 Å². The third-order valence-corrected chi connectivity index (χ3v) is 4.58. The maximum atomic E-state index is 11.6. The van der Waals surface area contributed by atoms with Crippen LogP contribution in [0, 0.1) is 11.8 Å². The first kappa shape index (κ1) is 13.8. The fraction of sp³-hybridized carbons (Fsp3) is 0.929. The lowest BCUT2D eigenvalue weighted by atomic mass is 9.81. The molecule has 1 N–H and O–H groups in total. The summed E-state index contributed by atoms with van der Waals surface area (Å²) < 4.78 is 4.85. The Balaban J connectivity index is 1.88. The molecular formula is C14H26N2O2. The first-order valence-electron chi connectivity index (χ1n) is 7.17. The molecule has 4 heteroatoms. The average Bonchev–Trinajstić information content (AvgIpc) is 2.88. The van der Waals surface area contributed by atoms with E-state index in [1.54, 1.807) is 0 Å². The Labute approximate surface area is 110 Å². The Morgan fingerprint density at radius 3 is 2.72 bits per heavy atom.